The van der Waals surface area contributed by atoms with Gasteiger partial charge in [0.25, 0.3) is 10.0 Å². The Morgan fingerprint density at radius 2 is 1.82 bits per heavy atom. The molecule has 3 amide bonds. The van der Waals surface area contributed by atoms with Crippen molar-refractivity contribution in [3.05, 3.63) is 65.7 Å². The molecule has 44 heavy (non-hydrogen) atoms. The predicted molar refractivity (Wildman–Crippen MR) is 171 cm³/mol. The summed E-state index contributed by atoms with van der Waals surface area (Å²) in [7, 11) is -2.41. The van der Waals surface area contributed by atoms with Gasteiger partial charge in [0.2, 0.25) is 17.7 Å². The van der Waals surface area contributed by atoms with Crippen LogP contribution in [0.15, 0.2) is 64.9 Å². The molecule has 4 aromatic rings. The second-order valence-corrected chi connectivity index (χ2v) is 14.4. The summed E-state index contributed by atoms with van der Waals surface area (Å²) >= 11 is 7.12. The van der Waals surface area contributed by atoms with Gasteiger partial charge in [-0.05, 0) is 60.7 Å². The number of amides is 3. The van der Waals surface area contributed by atoms with Gasteiger partial charge in [-0.15, -0.1) is 11.3 Å². The van der Waals surface area contributed by atoms with Gasteiger partial charge in [-0.1, -0.05) is 41.9 Å². The van der Waals surface area contributed by atoms with Crippen molar-refractivity contribution in [1.82, 2.24) is 14.5 Å². The molecule has 0 bridgehead atoms. The fourth-order valence-electron chi connectivity index (χ4n) is 5.90. The Bertz CT molecular complexity index is 1880. The van der Waals surface area contributed by atoms with Crippen molar-refractivity contribution >= 4 is 77.2 Å². The molecule has 0 aliphatic carbocycles. The van der Waals surface area contributed by atoms with Crippen LogP contribution in [0.25, 0.3) is 20.9 Å². The zero-order valence-electron chi connectivity index (χ0n) is 23.9. The molecule has 3 aromatic carbocycles. The van der Waals surface area contributed by atoms with E-state index in [2.05, 4.69) is 10.0 Å². The predicted octanol–water partition coefficient (Wildman–Crippen LogP) is 4.62. The van der Waals surface area contributed by atoms with Crippen LogP contribution in [0.2, 0.25) is 5.02 Å². The molecule has 10 nitrogen and oxygen atoms in total. The van der Waals surface area contributed by atoms with Gasteiger partial charge >= 0.3 is 0 Å². The standard InChI is InChI=1S/C31H31ClN4O6S2/c1-42-26-17-22(14-19-6-2-3-7-23(19)26)33-30(38)25-9-5-13-36(25)28(37)18-35-12-4-8-24(31(35)39)34-44(40,41)29-15-20-10-11-21(32)16-27(20)43-29/h2-3,6-7,10-11,14-17,24-25,34H,4-5,8-9,12-13,18H2,1H3,(H,33,38)/t24-,25-/m0/s1. The number of benzene rings is 3. The molecule has 2 aliphatic heterocycles. The number of piperidine rings is 1. The van der Waals surface area contributed by atoms with Crippen LogP contribution in [0.5, 0.6) is 5.75 Å². The molecule has 2 atom stereocenters. The number of nitrogens with zero attached hydrogens (tertiary/aromatic N) is 2. The molecule has 2 fully saturated rings. The van der Waals surface area contributed by atoms with E-state index in [1.54, 1.807) is 37.4 Å². The monoisotopic (exact) mass is 654 g/mol. The highest BCUT2D eigenvalue weighted by molar-refractivity contribution is 7.91. The molecule has 3 heterocycles. The molecule has 2 N–H and O–H groups in total. The summed E-state index contributed by atoms with van der Waals surface area (Å²) in [6.07, 6.45) is 2.01. The van der Waals surface area contributed by atoms with E-state index >= 15 is 0 Å². The fraction of sp³-hybridized carbons (Fsp3) is 0.323. The fourth-order valence-corrected chi connectivity index (χ4v) is 8.81. The van der Waals surface area contributed by atoms with Gasteiger partial charge in [-0.2, -0.15) is 4.72 Å². The highest BCUT2D eigenvalue weighted by Gasteiger charge is 2.38. The number of hydrogen-bond acceptors (Lipinski definition) is 7. The molecule has 230 valence electrons. The van der Waals surface area contributed by atoms with E-state index in [1.807, 2.05) is 30.3 Å². The van der Waals surface area contributed by atoms with Gasteiger partial charge in [-0.3, -0.25) is 14.4 Å². The number of likely N-dealkylation sites (tertiary alicyclic amines) is 2. The number of sulfonamides is 1. The topological polar surface area (TPSA) is 125 Å². The number of rotatable bonds is 8. The maximum absolute atomic E-state index is 13.4. The Labute approximate surface area is 264 Å². The van der Waals surface area contributed by atoms with E-state index < -0.39 is 28.0 Å². The van der Waals surface area contributed by atoms with Gasteiger partial charge in [0, 0.05) is 40.0 Å². The van der Waals surface area contributed by atoms with E-state index in [1.165, 1.54) is 9.80 Å². The van der Waals surface area contributed by atoms with Gasteiger partial charge in [0.05, 0.1) is 13.7 Å². The molecule has 6 rings (SSSR count). The van der Waals surface area contributed by atoms with Gasteiger partial charge in [0.15, 0.2) is 0 Å². The Balaban J connectivity index is 1.11. The van der Waals surface area contributed by atoms with Crippen LogP contribution in [-0.2, 0) is 24.4 Å². The summed E-state index contributed by atoms with van der Waals surface area (Å²) < 4.78 is 35.2. The molecular formula is C31H31ClN4O6S2. The van der Waals surface area contributed by atoms with Crippen molar-refractivity contribution in [2.24, 2.45) is 0 Å². The number of fused-ring (bicyclic) bond motifs is 2. The lowest BCUT2D eigenvalue weighted by molar-refractivity contribution is -0.144. The Hall–Kier alpha value is -3.71. The van der Waals surface area contributed by atoms with Crippen LogP contribution in [-0.4, -0.2) is 74.8 Å². The van der Waals surface area contributed by atoms with Crippen molar-refractivity contribution in [2.75, 3.05) is 32.1 Å². The third kappa shape index (κ3) is 6.12. The maximum Gasteiger partial charge on any atom is 0.250 e. The Morgan fingerprint density at radius 3 is 2.64 bits per heavy atom. The second kappa shape index (κ2) is 12.4. The maximum atomic E-state index is 13.4. The summed E-state index contributed by atoms with van der Waals surface area (Å²) in [6.45, 7) is 0.490. The lowest BCUT2D eigenvalue weighted by atomic mass is 10.1. The number of carbonyl (C=O) groups excluding carboxylic acids is 3. The smallest absolute Gasteiger partial charge is 0.250 e. The summed E-state index contributed by atoms with van der Waals surface area (Å²) in [6, 6.07) is 16.3. The number of thiophene rings is 1. The van der Waals surface area contributed by atoms with E-state index in [9.17, 15) is 22.8 Å². The van der Waals surface area contributed by atoms with Gasteiger partial charge in [-0.25, -0.2) is 8.42 Å². The average Bonchev–Trinajstić information content (AvgIpc) is 3.67. The van der Waals surface area contributed by atoms with Crippen LogP contribution in [0.4, 0.5) is 5.69 Å². The normalized spacial score (nSPS) is 19.1. The highest BCUT2D eigenvalue weighted by Crippen LogP contribution is 2.32. The number of nitrogens with one attached hydrogen (secondary N) is 2. The molecule has 0 radical (unpaired) electrons. The van der Waals surface area contributed by atoms with Crippen molar-refractivity contribution in [3.63, 3.8) is 0 Å². The summed E-state index contributed by atoms with van der Waals surface area (Å²) in [5, 5.41) is 6.01. The van der Waals surface area contributed by atoms with E-state index in [0.29, 0.717) is 55.2 Å². The Morgan fingerprint density at radius 1 is 1.02 bits per heavy atom. The number of methoxy groups -OCH3 is 1. The number of halogens is 1. The number of anilines is 1. The Kier molecular flexibility index (Phi) is 8.51. The number of hydrogen-bond donors (Lipinski definition) is 2. The molecule has 0 unspecified atom stereocenters. The zero-order valence-corrected chi connectivity index (χ0v) is 26.3. The van der Waals surface area contributed by atoms with E-state index in [0.717, 1.165) is 32.2 Å². The minimum atomic E-state index is -3.98. The molecule has 0 saturated carbocycles. The van der Waals surface area contributed by atoms with E-state index in [4.69, 9.17) is 16.3 Å². The lowest BCUT2D eigenvalue weighted by Crippen LogP contribution is -2.55. The van der Waals surface area contributed by atoms with Crippen LogP contribution in [0.3, 0.4) is 0 Å². The third-order valence-corrected chi connectivity index (χ3v) is 11.3. The largest absolute Gasteiger partial charge is 0.496 e. The lowest BCUT2D eigenvalue weighted by Gasteiger charge is -2.33. The van der Waals surface area contributed by atoms with Crippen LogP contribution in [0, 0.1) is 0 Å². The van der Waals surface area contributed by atoms with Crippen molar-refractivity contribution in [2.45, 2.75) is 42.0 Å². The third-order valence-electron chi connectivity index (χ3n) is 8.07. The summed E-state index contributed by atoms with van der Waals surface area (Å²) in [4.78, 5) is 43.0. The first-order valence-corrected chi connectivity index (χ1v) is 17.0. The quantitative estimate of drug-likeness (QED) is 0.286. The molecule has 2 aliphatic rings. The first-order valence-electron chi connectivity index (χ1n) is 14.3. The summed E-state index contributed by atoms with van der Waals surface area (Å²) in [5.74, 6) is -0.491. The highest BCUT2D eigenvalue weighted by atomic mass is 35.5. The molecule has 2 saturated heterocycles. The first kappa shape index (κ1) is 30.3. The van der Waals surface area contributed by atoms with E-state index in [-0.39, 0.29) is 22.6 Å². The van der Waals surface area contributed by atoms with Gasteiger partial charge < -0.3 is 19.9 Å². The number of carbonyl (C=O) groups is 3. The summed E-state index contributed by atoms with van der Waals surface area (Å²) in [5.41, 5.74) is 0.563. The van der Waals surface area contributed by atoms with Crippen LogP contribution >= 0.6 is 22.9 Å². The molecular weight excluding hydrogens is 624 g/mol. The average molecular weight is 655 g/mol. The molecule has 1 aromatic heterocycles. The molecule has 0 spiro atoms. The number of ether oxygens (including phenoxy) is 1. The van der Waals surface area contributed by atoms with Crippen molar-refractivity contribution < 1.29 is 27.5 Å². The van der Waals surface area contributed by atoms with Crippen LogP contribution in [0.1, 0.15) is 25.7 Å². The second-order valence-electron chi connectivity index (χ2n) is 11.0. The minimum Gasteiger partial charge on any atom is -0.496 e. The zero-order chi connectivity index (χ0) is 31.0. The van der Waals surface area contributed by atoms with Crippen molar-refractivity contribution in [1.29, 1.82) is 0 Å². The van der Waals surface area contributed by atoms with Gasteiger partial charge in [0.1, 0.15) is 22.0 Å². The first-order chi connectivity index (χ1) is 21.1. The molecule has 13 heteroatoms. The van der Waals surface area contributed by atoms with Crippen molar-refractivity contribution in [3.8, 4) is 5.75 Å². The SMILES string of the molecule is COc1cc(NC(=O)[C@@H]2CCCN2C(=O)CN2CCC[C@H](NS(=O)(=O)c3cc4ccc(Cl)cc4s3)C2=O)cc2ccccc12. The van der Waals surface area contributed by atoms with Crippen LogP contribution < -0.4 is 14.8 Å². The minimum absolute atomic E-state index is 0.0886.